The van der Waals surface area contributed by atoms with Crippen LogP contribution in [0.3, 0.4) is 0 Å². The lowest BCUT2D eigenvalue weighted by Crippen LogP contribution is -2.21. The van der Waals surface area contributed by atoms with Gasteiger partial charge in [0, 0.05) is 22.3 Å². The van der Waals surface area contributed by atoms with Gasteiger partial charge in [-0.1, -0.05) is 30.7 Å². The van der Waals surface area contributed by atoms with Gasteiger partial charge in [0.15, 0.2) is 23.0 Å². The van der Waals surface area contributed by atoms with Gasteiger partial charge in [-0.25, -0.2) is 0 Å². The fraction of sp³-hybridized carbons (Fsp3) is 0.364. The first-order valence-electron chi connectivity index (χ1n) is 14.1. The number of carbonyl (C=O) groups is 1. The van der Waals surface area contributed by atoms with Crippen LogP contribution >= 0.6 is 11.6 Å². The molecule has 0 bridgehead atoms. The Morgan fingerprint density at radius 2 is 1.53 bits per heavy atom. The highest BCUT2D eigenvalue weighted by Crippen LogP contribution is 2.47. The Labute approximate surface area is 257 Å². The Balaban J connectivity index is 1.57. The summed E-state index contributed by atoms with van der Waals surface area (Å²) >= 11 is 5.99. The number of hydrogen-bond donors (Lipinski definition) is 1. The van der Waals surface area contributed by atoms with E-state index in [1.165, 1.54) is 12.3 Å². The molecule has 1 heterocycles. The fourth-order valence-corrected chi connectivity index (χ4v) is 5.25. The van der Waals surface area contributed by atoms with E-state index in [0.29, 0.717) is 51.9 Å². The SMILES string of the molecule is CCCOc1c(C/C=C/N(O)C(=O)c2cccc(Cl)c2)cc(C2CCC(c3cc(OC)c(OC)c(OC)c3)O2)cc1OC. The molecule has 0 spiro atoms. The van der Waals surface area contributed by atoms with E-state index in [9.17, 15) is 10.0 Å². The minimum absolute atomic E-state index is 0.176. The molecule has 43 heavy (non-hydrogen) atoms. The van der Waals surface area contributed by atoms with E-state index >= 15 is 0 Å². The summed E-state index contributed by atoms with van der Waals surface area (Å²) in [7, 11) is 6.36. The van der Waals surface area contributed by atoms with Crippen molar-refractivity contribution in [3.63, 3.8) is 0 Å². The molecule has 1 aliphatic rings. The van der Waals surface area contributed by atoms with Gasteiger partial charge in [0.05, 0.1) is 47.3 Å². The highest BCUT2D eigenvalue weighted by molar-refractivity contribution is 6.30. The molecule has 0 aliphatic carbocycles. The number of carbonyl (C=O) groups excluding carboxylic acids is 1. The van der Waals surface area contributed by atoms with E-state index in [-0.39, 0.29) is 17.8 Å². The zero-order valence-corrected chi connectivity index (χ0v) is 25.8. The van der Waals surface area contributed by atoms with E-state index in [1.54, 1.807) is 52.7 Å². The first-order chi connectivity index (χ1) is 20.8. The number of nitrogens with zero attached hydrogens (tertiary/aromatic N) is 1. The van der Waals surface area contributed by atoms with Crippen LogP contribution < -0.4 is 23.7 Å². The zero-order valence-electron chi connectivity index (χ0n) is 25.1. The van der Waals surface area contributed by atoms with E-state index in [4.69, 9.17) is 40.0 Å². The smallest absolute Gasteiger partial charge is 0.281 e. The minimum Gasteiger partial charge on any atom is -0.493 e. The molecule has 0 saturated carbocycles. The lowest BCUT2D eigenvalue weighted by Gasteiger charge is -2.20. The largest absolute Gasteiger partial charge is 0.493 e. The van der Waals surface area contributed by atoms with Crippen LogP contribution in [0.2, 0.25) is 5.02 Å². The van der Waals surface area contributed by atoms with Gasteiger partial charge in [-0.15, -0.1) is 0 Å². The van der Waals surface area contributed by atoms with Crippen LogP contribution in [-0.2, 0) is 11.2 Å². The second-order valence-corrected chi connectivity index (χ2v) is 10.4. The Morgan fingerprint density at radius 3 is 2.09 bits per heavy atom. The Kier molecular flexibility index (Phi) is 11.2. The van der Waals surface area contributed by atoms with Gasteiger partial charge >= 0.3 is 0 Å². The highest BCUT2D eigenvalue weighted by atomic mass is 35.5. The number of benzene rings is 3. The summed E-state index contributed by atoms with van der Waals surface area (Å²) in [5.41, 5.74) is 2.98. The van der Waals surface area contributed by atoms with Crippen molar-refractivity contribution in [1.82, 2.24) is 5.06 Å². The maximum absolute atomic E-state index is 12.6. The van der Waals surface area contributed by atoms with Crippen LogP contribution in [0.15, 0.2) is 60.8 Å². The first-order valence-corrected chi connectivity index (χ1v) is 14.4. The molecule has 1 fully saturated rings. The van der Waals surface area contributed by atoms with E-state index in [0.717, 1.165) is 36.0 Å². The molecular formula is C33H38ClNO8. The van der Waals surface area contributed by atoms with Crippen molar-refractivity contribution in [2.24, 2.45) is 0 Å². The van der Waals surface area contributed by atoms with Gasteiger partial charge in [-0.2, -0.15) is 5.06 Å². The number of ether oxygens (including phenoxy) is 6. The van der Waals surface area contributed by atoms with Gasteiger partial charge in [0.25, 0.3) is 5.91 Å². The summed E-state index contributed by atoms with van der Waals surface area (Å²) in [5, 5.41) is 11.3. The third-order valence-electron chi connectivity index (χ3n) is 7.14. The van der Waals surface area contributed by atoms with Crippen LogP contribution in [0.1, 0.15) is 65.4 Å². The summed E-state index contributed by atoms with van der Waals surface area (Å²) < 4.78 is 34.9. The van der Waals surface area contributed by atoms with E-state index < -0.39 is 5.91 Å². The van der Waals surface area contributed by atoms with E-state index in [2.05, 4.69) is 0 Å². The second-order valence-electron chi connectivity index (χ2n) is 9.96. The molecule has 2 atom stereocenters. The van der Waals surface area contributed by atoms with Gasteiger partial charge in [0.2, 0.25) is 5.75 Å². The van der Waals surface area contributed by atoms with Crippen molar-refractivity contribution in [2.45, 2.75) is 44.8 Å². The molecule has 1 amide bonds. The first kappa shape index (κ1) is 32.0. The number of halogens is 1. The molecule has 230 valence electrons. The molecular weight excluding hydrogens is 574 g/mol. The molecule has 10 heteroatoms. The monoisotopic (exact) mass is 611 g/mol. The Bertz CT molecular complexity index is 1420. The van der Waals surface area contributed by atoms with Crippen LogP contribution in [0.4, 0.5) is 0 Å². The summed E-state index contributed by atoms with van der Waals surface area (Å²) in [6, 6.07) is 14.2. The average Bonchev–Trinajstić information content (AvgIpc) is 3.53. The maximum Gasteiger partial charge on any atom is 0.281 e. The van der Waals surface area contributed by atoms with Gasteiger partial charge < -0.3 is 28.4 Å². The molecule has 0 aromatic heterocycles. The van der Waals surface area contributed by atoms with Gasteiger partial charge in [0.1, 0.15) is 0 Å². The number of methoxy groups -OCH3 is 4. The molecule has 1 aliphatic heterocycles. The van der Waals surface area contributed by atoms with Crippen molar-refractivity contribution in [1.29, 1.82) is 0 Å². The number of hydrogen-bond acceptors (Lipinski definition) is 8. The minimum atomic E-state index is -0.593. The van der Waals surface area contributed by atoms with Crippen LogP contribution in [-0.4, -0.2) is 51.2 Å². The summed E-state index contributed by atoms with van der Waals surface area (Å²) in [6.45, 7) is 2.54. The van der Waals surface area contributed by atoms with Crippen LogP contribution in [0.25, 0.3) is 0 Å². The quantitative estimate of drug-likeness (QED) is 0.158. The molecule has 1 saturated heterocycles. The van der Waals surface area contributed by atoms with E-state index in [1.807, 2.05) is 31.2 Å². The molecule has 2 unspecified atom stereocenters. The predicted octanol–water partition coefficient (Wildman–Crippen LogP) is 7.34. The fourth-order valence-electron chi connectivity index (χ4n) is 5.06. The normalized spacial score (nSPS) is 16.3. The molecule has 3 aromatic carbocycles. The number of amides is 1. The zero-order chi connectivity index (χ0) is 30.9. The molecule has 0 radical (unpaired) electrons. The number of allylic oxidation sites excluding steroid dienone is 1. The molecule has 9 nitrogen and oxygen atoms in total. The van der Waals surface area contributed by atoms with Crippen molar-refractivity contribution in [2.75, 3.05) is 35.0 Å². The van der Waals surface area contributed by atoms with Crippen molar-refractivity contribution in [3.05, 3.63) is 88.1 Å². The van der Waals surface area contributed by atoms with Crippen molar-refractivity contribution in [3.8, 4) is 28.7 Å². The summed E-state index contributed by atoms with van der Waals surface area (Å²) in [6.07, 6.45) is 5.40. The predicted molar refractivity (Wildman–Crippen MR) is 163 cm³/mol. The number of rotatable bonds is 13. The third kappa shape index (κ3) is 7.54. The molecule has 3 aromatic rings. The summed E-state index contributed by atoms with van der Waals surface area (Å²) in [4.78, 5) is 12.6. The third-order valence-corrected chi connectivity index (χ3v) is 7.37. The van der Waals surface area contributed by atoms with Gasteiger partial charge in [-0.05, 0) is 79.3 Å². The van der Waals surface area contributed by atoms with Crippen LogP contribution in [0, 0.1) is 0 Å². The average molecular weight is 612 g/mol. The molecule has 4 rings (SSSR count). The Morgan fingerprint density at radius 1 is 0.930 bits per heavy atom. The summed E-state index contributed by atoms with van der Waals surface area (Å²) in [5.74, 6) is 2.29. The molecule has 1 N–H and O–H groups in total. The van der Waals surface area contributed by atoms with Crippen molar-refractivity contribution >= 4 is 17.5 Å². The second kappa shape index (κ2) is 15.0. The van der Waals surface area contributed by atoms with Crippen LogP contribution in [0.5, 0.6) is 28.7 Å². The lowest BCUT2D eigenvalue weighted by atomic mass is 9.99. The van der Waals surface area contributed by atoms with Crippen molar-refractivity contribution < 1.29 is 38.4 Å². The standard InChI is InChI=1S/C33H38ClNO8/c1-6-15-42-31-21(10-8-14-35(37)33(36)22-9-7-11-25(34)17-22)16-23(18-28(31)38-2)26-12-13-27(43-26)24-19-29(39-3)32(41-5)30(20-24)40-4/h7-9,11,14,16-20,26-27,37H,6,10,12-13,15H2,1-5H3/b14-8+. The maximum atomic E-state index is 12.6. The lowest BCUT2D eigenvalue weighted by molar-refractivity contribution is -0.0204. The Hall–Kier alpha value is -3.92. The number of hydroxylamine groups is 2. The highest BCUT2D eigenvalue weighted by Gasteiger charge is 2.31. The topological polar surface area (TPSA) is 95.9 Å². The van der Waals surface area contributed by atoms with Gasteiger partial charge in [-0.3, -0.25) is 10.0 Å².